The zero-order valence-electron chi connectivity index (χ0n) is 24.2. The van der Waals surface area contributed by atoms with Crippen molar-refractivity contribution in [2.24, 2.45) is 11.8 Å². The fourth-order valence-electron chi connectivity index (χ4n) is 2.19. The molecule has 0 bridgehead atoms. The molecule has 4 heteroatoms. The summed E-state index contributed by atoms with van der Waals surface area (Å²) in [5, 5.41) is 0. The maximum Gasteiger partial charge on any atom is 0.315 e. The number of aromatic nitrogens is 1. The molecule has 0 spiro atoms. The summed E-state index contributed by atoms with van der Waals surface area (Å²) in [7, 11) is 1.39. The van der Waals surface area contributed by atoms with Crippen LogP contribution in [0.15, 0.2) is 47.2 Å². The molecule has 196 valence electrons. The predicted octanol–water partition coefficient (Wildman–Crippen LogP) is 9.15. The van der Waals surface area contributed by atoms with E-state index in [0.717, 1.165) is 23.7 Å². The number of rotatable bonds is 8. The molecule has 0 saturated heterocycles. The molecule has 0 saturated carbocycles. The highest BCUT2D eigenvalue weighted by Crippen LogP contribution is 2.21. The molecule has 0 aliphatic heterocycles. The average Bonchev–Trinajstić information content (AvgIpc) is 2.89. The molecule has 0 aromatic carbocycles. The van der Waals surface area contributed by atoms with Crippen molar-refractivity contribution in [2.75, 3.05) is 12.9 Å². The number of thioether (sulfide) groups is 1. The Kier molecular flexibility index (Phi) is 35.8. The first-order valence-corrected chi connectivity index (χ1v) is 13.6. The lowest BCUT2D eigenvalue weighted by molar-refractivity contribution is -0.137. The molecule has 1 heterocycles. The molecule has 34 heavy (non-hydrogen) atoms. The minimum absolute atomic E-state index is 0.120. The smallest absolute Gasteiger partial charge is 0.315 e. The van der Waals surface area contributed by atoms with Crippen molar-refractivity contribution in [2.45, 2.75) is 95.4 Å². The number of allylic oxidation sites excluding steroid dienone is 4. The van der Waals surface area contributed by atoms with E-state index in [1.165, 1.54) is 36.4 Å². The summed E-state index contributed by atoms with van der Waals surface area (Å²) in [4.78, 5) is 15.9. The molecule has 3 nitrogen and oxygen atoms in total. The third-order valence-electron chi connectivity index (χ3n) is 4.03. The van der Waals surface area contributed by atoms with Gasteiger partial charge in [0.05, 0.1) is 12.9 Å². The largest absolute Gasteiger partial charge is 0.468 e. The van der Waals surface area contributed by atoms with E-state index < -0.39 is 0 Å². The van der Waals surface area contributed by atoms with Crippen LogP contribution in [0.3, 0.4) is 0 Å². The second-order valence-electron chi connectivity index (χ2n) is 7.25. The van der Waals surface area contributed by atoms with E-state index in [0.29, 0.717) is 5.75 Å². The molecule has 1 unspecified atom stereocenters. The lowest BCUT2D eigenvalue weighted by Crippen LogP contribution is -2.03. The average molecular weight is 492 g/mol. The van der Waals surface area contributed by atoms with Gasteiger partial charge in [-0.2, -0.15) is 0 Å². The van der Waals surface area contributed by atoms with E-state index in [-0.39, 0.29) is 11.9 Å². The van der Waals surface area contributed by atoms with E-state index in [1.807, 2.05) is 72.1 Å². The first-order valence-electron chi connectivity index (χ1n) is 12.6. The van der Waals surface area contributed by atoms with Crippen LogP contribution in [0, 0.1) is 24.2 Å². The normalized spacial score (nSPS) is 10.9. The Bertz CT molecular complexity index is 658. The molecule has 1 atom stereocenters. The van der Waals surface area contributed by atoms with Crippen LogP contribution in [0.4, 0.5) is 0 Å². The van der Waals surface area contributed by atoms with Gasteiger partial charge >= 0.3 is 5.97 Å². The lowest BCUT2D eigenvalue weighted by Gasteiger charge is -2.04. The van der Waals surface area contributed by atoms with Gasteiger partial charge in [0.25, 0.3) is 0 Å². The van der Waals surface area contributed by atoms with E-state index in [1.54, 1.807) is 0 Å². The number of nitrogens with zero attached hydrogens (tertiary/aromatic N) is 1. The first kappa shape index (κ1) is 39.2. The Morgan fingerprint density at radius 2 is 1.68 bits per heavy atom. The van der Waals surface area contributed by atoms with Crippen LogP contribution in [0.1, 0.15) is 94.6 Å². The number of carbonyl (C=O) groups is 1. The van der Waals surface area contributed by atoms with Crippen molar-refractivity contribution in [3.8, 4) is 12.3 Å². The van der Waals surface area contributed by atoms with Crippen molar-refractivity contribution in [1.29, 1.82) is 0 Å². The topological polar surface area (TPSA) is 39.2 Å². The van der Waals surface area contributed by atoms with Crippen LogP contribution in [-0.2, 0) is 16.0 Å². The van der Waals surface area contributed by atoms with Gasteiger partial charge in [0.1, 0.15) is 0 Å². The van der Waals surface area contributed by atoms with Crippen molar-refractivity contribution in [1.82, 2.24) is 4.98 Å². The third-order valence-corrected chi connectivity index (χ3v) is 5.21. The van der Waals surface area contributed by atoms with Gasteiger partial charge in [0.2, 0.25) is 0 Å². The van der Waals surface area contributed by atoms with Gasteiger partial charge in [-0.3, -0.25) is 9.78 Å². The molecular formula is C30H53NO2S. The summed E-state index contributed by atoms with van der Waals surface area (Å²) in [6.07, 6.45) is 16.3. The molecular weight excluding hydrogens is 438 g/mol. The van der Waals surface area contributed by atoms with Crippen LogP contribution >= 0.6 is 11.8 Å². The summed E-state index contributed by atoms with van der Waals surface area (Å²) >= 11 is 1.49. The molecule has 0 fully saturated rings. The van der Waals surface area contributed by atoms with Crippen LogP contribution < -0.4 is 0 Å². The fraction of sp³-hybridized carbons (Fsp3) is 0.600. The predicted molar refractivity (Wildman–Crippen MR) is 156 cm³/mol. The molecule has 1 aromatic rings. The summed E-state index contributed by atoms with van der Waals surface area (Å²) in [5.41, 5.74) is 2.85. The van der Waals surface area contributed by atoms with Crippen molar-refractivity contribution >= 4 is 17.7 Å². The van der Waals surface area contributed by atoms with Crippen molar-refractivity contribution in [3.63, 3.8) is 0 Å². The summed E-state index contributed by atoms with van der Waals surface area (Å²) in [6, 6.07) is 4.06. The van der Waals surface area contributed by atoms with E-state index in [2.05, 4.69) is 56.3 Å². The zero-order chi connectivity index (χ0) is 27.4. The SMILES string of the molecule is C#CC(C)/C=C(/CC)SCC(=O)OC.C/C=C(\C)CC(C)C.CC.CC.CCc1ccncc1. The highest BCUT2D eigenvalue weighted by molar-refractivity contribution is 8.03. The number of terminal acetylenes is 1. The number of hydrogen-bond acceptors (Lipinski definition) is 4. The fourth-order valence-corrected chi connectivity index (χ4v) is 3.11. The Morgan fingerprint density at radius 1 is 1.15 bits per heavy atom. The van der Waals surface area contributed by atoms with Crippen molar-refractivity contribution < 1.29 is 9.53 Å². The van der Waals surface area contributed by atoms with Gasteiger partial charge < -0.3 is 4.74 Å². The highest BCUT2D eigenvalue weighted by atomic mass is 32.2. The Hall–Kier alpha value is -1.99. The van der Waals surface area contributed by atoms with Crippen LogP contribution in [0.2, 0.25) is 0 Å². The molecule has 0 amide bonds. The third kappa shape index (κ3) is 30.0. The van der Waals surface area contributed by atoms with Crippen molar-refractivity contribution in [3.05, 3.63) is 52.7 Å². The van der Waals surface area contributed by atoms with Crippen LogP contribution in [0.5, 0.6) is 0 Å². The maximum absolute atomic E-state index is 10.9. The zero-order valence-corrected chi connectivity index (χ0v) is 25.0. The Labute approximate surface area is 217 Å². The van der Waals surface area contributed by atoms with E-state index in [9.17, 15) is 4.79 Å². The Balaban J connectivity index is -0.000000193. The van der Waals surface area contributed by atoms with E-state index >= 15 is 0 Å². The number of aryl methyl sites for hydroxylation is 1. The minimum Gasteiger partial charge on any atom is -0.468 e. The van der Waals surface area contributed by atoms with Crippen LogP contribution in [0.25, 0.3) is 0 Å². The lowest BCUT2D eigenvalue weighted by atomic mass is 10.0. The number of ether oxygens (including phenoxy) is 1. The Morgan fingerprint density at radius 3 is 1.97 bits per heavy atom. The van der Waals surface area contributed by atoms with Gasteiger partial charge in [0.15, 0.2) is 0 Å². The summed E-state index contributed by atoms with van der Waals surface area (Å²) in [5.74, 6) is 3.71. The van der Waals surface area contributed by atoms with Gasteiger partial charge in [-0.15, -0.1) is 18.2 Å². The number of hydrogen-bond donors (Lipinski definition) is 0. The molecule has 0 aliphatic rings. The van der Waals surface area contributed by atoms with Gasteiger partial charge in [-0.1, -0.05) is 79.0 Å². The molecule has 1 rings (SSSR count). The molecule has 0 radical (unpaired) electrons. The summed E-state index contributed by atoms with van der Waals surface area (Å²) in [6.45, 7) is 22.9. The highest BCUT2D eigenvalue weighted by Gasteiger charge is 2.04. The molecule has 0 aliphatic carbocycles. The van der Waals surface area contributed by atoms with Gasteiger partial charge in [-0.25, -0.2) is 0 Å². The number of pyridine rings is 1. The standard InChI is InChI=1S/C11H16O2S.C8H16.C7H9N.2C2H6/c1-5-9(3)7-10(6-2)14-8-11(12)13-4;1-5-8(4)6-7(2)3;1-2-7-3-5-8-6-4-7;2*1-2/h1,7,9H,6,8H2,2-4H3;5,7H,6H2,1-4H3;3-6H,2H2,1H3;2*1-2H3/b10-7-;8-5+;;;. The number of esters is 1. The minimum atomic E-state index is -0.206. The van der Waals surface area contributed by atoms with Gasteiger partial charge in [-0.05, 0) is 68.6 Å². The molecule has 0 N–H and O–H groups in total. The second kappa shape index (κ2) is 31.0. The van der Waals surface area contributed by atoms with Gasteiger partial charge in [0, 0.05) is 18.3 Å². The van der Waals surface area contributed by atoms with Crippen LogP contribution in [-0.4, -0.2) is 23.8 Å². The summed E-state index contributed by atoms with van der Waals surface area (Å²) < 4.78 is 4.55. The number of carbonyl (C=O) groups excluding carboxylic acids is 1. The quantitative estimate of drug-likeness (QED) is 0.206. The maximum atomic E-state index is 10.9. The second-order valence-corrected chi connectivity index (χ2v) is 8.35. The molecule has 1 aromatic heterocycles. The monoisotopic (exact) mass is 491 g/mol. The van der Waals surface area contributed by atoms with E-state index in [4.69, 9.17) is 6.42 Å². The first-order chi connectivity index (χ1) is 16.2. The number of methoxy groups -OCH3 is 1.